The molecule has 0 aromatic heterocycles. The second-order valence-corrected chi connectivity index (χ2v) is 8.13. The first kappa shape index (κ1) is 21.1. The number of hydrogen-bond acceptors (Lipinski definition) is 2. The summed E-state index contributed by atoms with van der Waals surface area (Å²) in [7, 11) is 3.90. The van der Waals surface area contributed by atoms with Gasteiger partial charge < -0.3 is 9.64 Å². The number of rotatable bonds is 7. The van der Waals surface area contributed by atoms with E-state index in [0.717, 1.165) is 43.7 Å². The zero-order valence-corrected chi connectivity index (χ0v) is 18.6. The largest absolute Gasteiger partial charge is 0.496 e. The zero-order chi connectivity index (χ0) is 21.5. The minimum atomic E-state index is 0.911. The van der Waals surface area contributed by atoms with E-state index < -0.39 is 0 Å². The van der Waals surface area contributed by atoms with Gasteiger partial charge in [-0.05, 0) is 60.2 Å². The molecule has 158 valence electrons. The number of para-hydroxylation sites is 1. The van der Waals surface area contributed by atoms with Gasteiger partial charge in [0.2, 0.25) is 0 Å². The van der Waals surface area contributed by atoms with Crippen molar-refractivity contribution in [3.63, 3.8) is 0 Å². The first-order valence-electron chi connectivity index (χ1n) is 11.1. The van der Waals surface area contributed by atoms with E-state index in [-0.39, 0.29) is 0 Å². The number of methoxy groups -OCH3 is 1. The van der Waals surface area contributed by atoms with Crippen molar-refractivity contribution >= 4 is 11.6 Å². The standard InChI is InChI=1S/C29H31NO/c1-30(21-9-14-25-13-5-8-18-29(25)31-2)22-10-17-28-26-15-6-3-11-23(26)19-20-24-12-4-7-16-27(24)28/h3-9,11-18H,10,19-22H2,1-2H3/b14-9+. The van der Waals surface area contributed by atoms with Crippen molar-refractivity contribution in [2.45, 2.75) is 19.3 Å². The Morgan fingerprint density at radius 3 is 2.13 bits per heavy atom. The van der Waals surface area contributed by atoms with E-state index in [4.69, 9.17) is 4.74 Å². The van der Waals surface area contributed by atoms with Crippen LogP contribution in [0.1, 0.15) is 34.2 Å². The van der Waals surface area contributed by atoms with Crippen LogP contribution < -0.4 is 4.74 Å². The number of ether oxygens (including phenoxy) is 1. The molecule has 3 aromatic carbocycles. The molecule has 0 spiro atoms. The predicted octanol–water partition coefficient (Wildman–Crippen LogP) is 6.26. The number of hydrogen-bond donors (Lipinski definition) is 0. The molecule has 0 aliphatic heterocycles. The Bertz CT molecular complexity index is 1030. The Hall–Kier alpha value is -3.10. The monoisotopic (exact) mass is 409 g/mol. The smallest absolute Gasteiger partial charge is 0.126 e. The van der Waals surface area contributed by atoms with Crippen LogP contribution in [-0.2, 0) is 12.8 Å². The van der Waals surface area contributed by atoms with Gasteiger partial charge in [0.05, 0.1) is 7.11 Å². The van der Waals surface area contributed by atoms with Gasteiger partial charge >= 0.3 is 0 Å². The summed E-state index contributed by atoms with van der Waals surface area (Å²) < 4.78 is 5.43. The maximum atomic E-state index is 5.43. The SMILES string of the molecule is COc1ccccc1/C=C/CN(C)CCC=C1c2ccccc2CCc2ccccc21. The fraction of sp³-hybridized carbons (Fsp3) is 0.241. The van der Waals surface area contributed by atoms with Crippen molar-refractivity contribution in [3.05, 3.63) is 113 Å². The van der Waals surface area contributed by atoms with Crippen LogP contribution in [0.5, 0.6) is 5.75 Å². The molecule has 0 atom stereocenters. The van der Waals surface area contributed by atoms with Crippen LogP contribution in [0, 0.1) is 0 Å². The highest BCUT2D eigenvalue weighted by Gasteiger charge is 2.17. The van der Waals surface area contributed by atoms with Crippen molar-refractivity contribution in [1.29, 1.82) is 0 Å². The summed E-state index contributed by atoms with van der Waals surface area (Å²) in [5, 5.41) is 0. The summed E-state index contributed by atoms with van der Waals surface area (Å²) in [5.41, 5.74) is 8.21. The van der Waals surface area contributed by atoms with Crippen molar-refractivity contribution in [1.82, 2.24) is 4.90 Å². The van der Waals surface area contributed by atoms with Crippen molar-refractivity contribution in [2.75, 3.05) is 27.2 Å². The van der Waals surface area contributed by atoms with E-state index in [2.05, 4.69) is 84.8 Å². The van der Waals surface area contributed by atoms with E-state index in [1.165, 1.54) is 27.8 Å². The van der Waals surface area contributed by atoms with Crippen LogP contribution in [-0.4, -0.2) is 32.1 Å². The fourth-order valence-corrected chi connectivity index (χ4v) is 4.32. The summed E-state index contributed by atoms with van der Waals surface area (Å²) in [4.78, 5) is 2.36. The van der Waals surface area contributed by atoms with E-state index >= 15 is 0 Å². The molecule has 1 aliphatic rings. The number of fused-ring (bicyclic) bond motifs is 2. The molecular formula is C29H31NO. The molecule has 0 amide bonds. The normalized spacial score (nSPS) is 13.1. The molecule has 0 bridgehead atoms. The second-order valence-electron chi connectivity index (χ2n) is 8.13. The van der Waals surface area contributed by atoms with Crippen molar-refractivity contribution in [3.8, 4) is 5.75 Å². The Labute approximate surface area is 186 Å². The molecule has 0 unspecified atom stereocenters. The minimum Gasteiger partial charge on any atom is -0.496 e. The molecule has 2 heteroatoms. The summed E-state index contributed by atoms with van der Waals surface area (Å²) >= 11 is 0. The maximum absolute atomic E-state index is 5.43. The third kappa shape index (κ3) is 5.15. The topological polar surface area (TPSA) is 12.5 Å². The number of nitrogens with zero attached hydrogens (tertiary/aromatic N) is 1. The molecule has 0 saturated carbocycles. The highest BCUT2D eigenvalue weighted by atomic mass is 16.5. The van der Waals surface area contributed by atoms with Crippen molar-refractivity contribution < 1.29 is 4.74 Å². The predicted molar refractivity (Wildman–Crippen MR) is 132 cm³/mol. The Morgan fingerprint density at radius 1 is 0.839 bits per heavy atom. The summed E-state index contributed by atoms with van der Waals surface area (Å²) in [6.07, 6.45) is 10.0. The molecule has 31 heavy (non-hydrogen) atoms. The lowest BCUT2D eigenvalue weighted by molar-refractivity contribution is 0.378. The van der Waals surface area contributed by atoms with E-state index in [0.29, 0.717) is 0 Å². The molecule has 0 N–H and O–H groups in total. The van der Waals surface area contributed by atoms with Crippen LogP contribution >= 0.6 is 0 Å². The van der Waals surface area contributed by atoms with E-state index in [1.807, 2.05) is 18.2 Å². The number of likely N-dealkylation sites (N-methyl/N-ethyl adjacent to an activating group) is 1. The van der Waals surface area contributed by atoms with Gasteiger partial charge in [0.25, 0.3) is 0 Å². The van der Waals surface area contributed by atoms with Crippen LogP contribution in [0.4, 0.5) is 0 Å². The highest BCUT2D eigenvalue weighted by molar-refractivity contribution is 5.83. The molecule has 0 saturated heterocycles. The third-order valence-electron chi connectivity index (χ3n) is 5.99. The summed E-state index contributed by atoms with van der Waals surface area (Å²) in [5.74, 6) is 0.914. The van der Waals surface area contributed by atoms with Gasteiger partial charge in [-0.3, -0.25) is 0 Å². The third-order valence-corrected chi connectivity index (χ3v) is 5.99. The van der Waals surface area contributed by atoms with Gasteiger partial charge in [-0.25, -0.2) is 0 Å². The lowest BCUT2D eigenvalue weighted by atomic mass is 9.93. The Kier molecular flexibility index (Phi) is 7.01. The van der Waals surface area contributed by atoms with Gasteiger partial charge in [0, 0.05) is 18.7 Å². The van der Waals surface area contributed by atoms with E-state index in [9.17, 15) is 0 Å². The molecule has 3 aromatic rings. The first-order valence-corrected chi connectivity index (χ1v) is 11.1. The van der Waals surface area contributed by atoms with E-state index in [1.54, 1.807) is 7.11 Å². The average molecular weight is 410 g/mol. The lowest BCUT2D eigenvalue weighted by Crippen LogP contribution is -2.19. The Balaban J connectivity index is 1.44. The van der Waals surface area contributed by atoms with Gasteiger partial charge in [-0.2, -0.15) is 0 Å². The van der Waals surface area contributed by atoms with Crippen LogP contribution in [0.3, 0.4) is 0 Å². The fourth-order valence-electron chi connectivity index (χ4n) is 4.32. The lowest BCUT2D eigenvalue weighted by Gasteiger charge is -2.15. The molecule has 1 aliphatic carbocycles. The van der Waals surface area contributed by atoms with Gasteiger partial charge in [-0.15, -0.1) is 0 Å². The first-order chi connectivity index (χ1) is 15.3. The molecule has 0 fully saturated rings. The number of aryl methyl sites for hydroxylation is 2. The average Bonchev–Trinajstić information content (AvgIpc) is 2.97. The molecule has 4 rings (SSSR count). The van der Waals surface area contributed by atoms with Gasteiger partial charge in [-0.1, -0.05) is 85.0 Å². The number of benzene rings is 3. The second kappa shape index (κ2) is 10.3. The van der Waals surface area contributed by atoms with Crippen LogP contribution in [0.15, 0.2) is 84.9 Å². The van der Waals surface area contributed by atoms with Gasteiger partial charge in [0.1, 0.15) is 5.75 Å². The molecule has 0 heterocycles. The maximum Gasteiger partial charge on any atom is 0.126 e. The van der Waals surface area contributed by atoms with Crippen molar-refractivity contribution in [2.24, 2.45) is 0 Å². The molecular weight excluding hydrogens is 378 g/mol. The minimum absolute atomic E-state index is 0.911. The zero-order valence-electron chi connectivity index (χ0n) is 18.6. The highest BCUT2D eigenvalue weighted by Crippen LogP contribution is 2.33. The van der Waals surface area contributed by atoms with Gasteiger partial charge in [0.15, 0.2) is 0 Å². The summed E-state index contributed by atoms with van der Waals surface area (Å²) in [6.45, 7) is 1.93. The Morgan fingerprint density at radius 2 is 1.45 bits per heavy atom. The quantitative estimate of drug-likeness (QED) is 0.457. The van der Waals surface area contributed by atoms with Crippen LogP contribution in [0.25, 0.3) is 11.6 Å². The van der Waals surface area contributed by atoms with Crippen LogP contribution in [0.2, 0.25) is 0 Å². The summed E-state index contributed by atoms with van der Waals surface area (Å²) in [6, 6.07) is 25.9. The molecule has 0 radical (unpaired) electrons. The molecule has 2 nitrogen and oxygen atoms in total.